The first-order valence-electron chi connectivity index (χ1n) is 13.0. The van der Waals surface area contributed by atoms with Crippen LogP contribution >= 0.6 is 0 Å². The van der Waals surface area contributed by atoms with Gasteiger partial charge in [-0.15, -0.1) is 0 Å². The van der Waals surface area contributed by atoms with Gasteiger partial charge in [0.1, 0.15) is 0 Å². The van der Waals surface area contributed by atoms with Crippen LogP contribution in [0.3, 0.4) is 0 Å². The molecule has 4 aliphatic rings. The van der Waals surface area contributed by atoms with Crippen LogP contribution in [0.5, 0.6) is 0 Å². The molecule has 0 aromatic carbocycles. The van der Waals surface area contributed by atoms with Crippen molar-refractivity contribution in [3.8, 4) is 0 Å². The summed E-state index contributed by atoms with van der Waals surface area (Å²) in [6.45, 7) is 12.6. The summed E-state index contributed by atoms with van der Waals surface area (Å²) >= 11 is 0. The third-order valence-electron chi connectivity index (χ3n) is 10.5. The summed E-state index contributed by atoms with van der Waals surface area (Å²) in [5.41, 5.74) is 3.93. The average Bonchev–Trinajstić information content (AvgIpc) is 3.28. The van der Waals surface area contributed by atoms with Gasteiger partial charge >= 0.3 is 0 Å². The maximum absolute atomic E-state index is 5.53. The van der Waals surface area contributed by atoms with Crippen molar-refractivity contribution in [1.82, 2.24) is 5.16 Å². The third-order valence-corrected chi connectivity index (χ3v) is 10.5. The quantitative estimate of drug-likeness (QED) is 0.493. The number of allylic oxidation sites excluding steroid dienone is 1. The smallest absolute Gasteiger partial charge is 0.162 e. The first kappa shape index (κ1) is 20.8. The Bertz CT molecular complexity index is 805. The van der Waals surface area contributed by atoms with Crippen molar-refractivity contribution < 1.29 is 4.52 Å². The Morgan fingerprint density at radius 1 is 1.07 bits per heavy atom. The molecule has 2 heteroatoms. The van der Waals surface area contributed by atoms with E-state index >= 15 is 0 Å². The van der Waals surface area contributed by atoms with E-state index in [9.17, 15) is 0 Å². The average molecular weight is 410 g/mol. The van der Waals surface area contributed by atoms with Crippen molar-refractivity contribution in [3.05, 3.63) is 23.1 Å². The molecular formula is C28H43NO. The predicted molar refractivity (Wildman–Crippen MR) is 124 cm³/mol. The molecular weight excluding hydrogens is 366 g/mol. The molecule has 2 nitrogen and oxygen atoms in total. The maximum Gasteiger partial charge on any atom is 0.162 e. The molecule has 4 aliphatic carbocycles. The van der Waals surface area contributed by atoms with Crippen LogP contribution < -0.4 is 0 Å². The zero-order chi connectivity index (χ0) is 21.1. The van der Waals surface area contributed by atoms with Gasteiger partial charge in [-0.3, -0.25) is 0 Å². The zero-order valence-electron chi connectivity index (χ0n) is 20.0. The van der Waals surface area contributed by atoms with Gasteiger partial charge in [0.25, 0.3) is 0 Å². The molecule has 0 radical (unpaired) electrons. The number of aromatic nitrogens is 1. The second-order valence-corrected chi connectivity index (χ2v) is 12.4. The topological polar surface area (TPSA) is 26.0 Å². The summed E-state index contributed by atoms with van der Waals surface area (Å²) < 4.78 is 5.53. The zero-order valence-corrected chi connectivity index (χ0v) is 20.0. The molecule has 166 valence electrons. The lowest BCUT2D eigenvalue weighted by Gasteiger charge is -2.58. The van der Waals surface area contributed by atoms with Gasteiger partial charge in [0.15, 0.2) is 5.76 Å². The molecule has 1 heterocycles. The Morgan fingerprint density at radius 3 is 2.70 bits per heavy atom. The van der Waals surface area contributed by atoms with Gasteiger partial charge in [0, 0.05) is 5.56 Å². The van der Waals surface area contributed by atoms with Crippen molar-refractivity contribution in [2.24, 2.45) is 46.3 Å². The highest BCUT2D eigenvalue weighted by atomic mass is 16.5. The lowest BCUT2D eigenvalue weighted by molar-refractivity contribution is -0.0551. The first-order chi connectivity index (χ1) is 14.3. The fourth-order valence-electron chi connectivity index (χ4n) is 8.91. The molecule has 0 aliphatic heterocycles. The molecule has 7 atom stereocenters. The highest BCUT2D eigenvalue weighted by Gasteiger charge is 2.59. The Kier molecular flexibility index (Phi) is 5.22. The van der Waals surface area contributed by atoms with E-state index < -0.39 is 0 Å². The Balaban J connectivity index is 1.34. The number of fused-ring (bicyclic) bond motifs is 6. The van der Waals surface area contributed by atoms with Gasteiger partial charge in [-0.2, -0.15) is 0 Å². The van der Waals surface area contributed by atoms with E-state index in [-0.39, 0.29) is 0 Å². The van der Waals surface area contributed by atoms with Gasteiger partial charge in [0.05, 0.1) is 6.20 Å². The molecule has 3 saturated carbocycles. The molecule has 0 N–H and O–H groups in total. The molecule has 1 aromatic rings. The Morgan fingerprint density at radius 2 is 1.90 bits per heavy atom. The highest BCUT2D eigenvalue weighted by molar-refractivity contribution is 5.57. The lowest BCUT2D eigenvalue weighted by atomic mass is 9.46. The minimum Gasteiger partial charge on any atom is -0.357 e. The summed E-state index contributed by atoms with van der Waals surface area (Å²) in [5, 5.41) is 4.11. The molecule has 1 aromatic heterocycles. The summed E-state index contributed by atoms with van der Waals surface area (Å²) in [7, 11) is 0. The Hall–Kier alpha value is -1.05. The van der Waals surface area contributed by atoms with Gasteiger partial charge in [-0.05, 0) is 97.4 Å². The number of rotatable bonds is 5. The third kappa shape index (κ3) is 3.15. The van der Waals surface area contributed by atoms with Gasteiger partial charge in [0.2, 0.25) is 0 Å². The molecule has 0 amide bonds. The van der Waals surface area contributed by atoms with E-state index in [0.717, 1.165) is 47.7 Å². The Labute approximate surface area is 184 Å². The molecule has 3 fully saturated rings. The van der Waals surface area contributed by atoms with E-state index in [1.807, 2.05) is 6.20 Å². The fraction of sp³-hybridized carbons (Fsp3) is 0.821. The highest BCUT2D eigenvalue weighted by Crippen LogP contribution is 2.67. The SMILES string of the molecule is CC(C)CCC[C@@H](C)[C@H]1CC[C@H]2[C@@H]3CCC4=Cc5oncc5C[C@]4(C)[C@H]3CC[C@]12C. The molecule has 5 rings (SSSR count). The van der Waals surface area contributed by atoms with Crippen LogP contribution in [0.15, 0.2) is 16.3 Å². The second-order valence-electron chi connectivity index (χ2n) is 12.4. The maximum atomic E-state index is 5.53. The summed E-state index contributed by atoms with van der Waals surface area (Å²) in [6.07, 6.45) is 18.3. The summed E-state index contributed by atoms with van der Waals surface area (Å²) in [4.78, 5) is 0. The summed E-state index contributed by atoms with van der Waals surface area (Å²) in [5.74, 6) is 6.49. The van der Waals surface area contributed by atoms with E-state index in [1.165, 1.54) is 63.4 Å². The predicted octanol–water partition coefficient (Wildman–Crippen LogP) is 7.94. The van der Waals surface area contributed by atoms with Gasteiger partial charge in [-0.25, -0.2) is 0 Å². The second kappa shape index (κ2) is 7.52. The van der Waals surface area contributed by atoms with E-state index in [0.29, 0.717) is 10.8 Å². The van der Waals surface area contributed by atoms with E-state index in [2.05, 4.69) is 45.9 Å². The summed E-state index contributed by atoms with van der Waals surface area (Å²) in [6, 6.07) is 0. The number of hydrogen-bond acceptors (Lipinski definition) is 2. The van der Waals surface area contributed by atoms with Crippen molar-refractivity contribution >= 4 is 6.08 Å². The van der Waals surface area contributed by atoms with Crippen molar-refractivity contribution in [1.29, 1.82) is 0 Å². The largest absolute Gasteiger partial charge is 0.357 e. The van der Waals surface area contributed by atoms with Crippen LogP contribution in [0.25, 0.3) is 6.08 Å². The first-order valence-corrected chi connectivity index (χ1v) is 13.0. The molecule has 0 saturated heterocycles. The van der Waals surface area contributed by atoms with Crippen LogP contribution in [-0.2, 0) is 6.42 Å². The molecule has 30 heavy (non-hydrogen) atoms. The van der Waals surface area contributed by atoms with Gasteiger partial charge in [-0.1, -0.05) is 64.6 Å². The molecule has 0 spiro atoms. The normalized spacial score (nSPS) is 40.9. The number of hydrogen-bond donors (Lipinski definition) is 0. The van der Waals surface area contributed by atoms with E-state index in [4.69, 9.17) is 4.52 Å². The van der Waals surface area contributed by atoms with Crippen molar-refractivity contribution in [2.45, 2.75) is 98.8 Å². The fourth-order valence-corrected chi connectivity index (χ4v) is 8.91. The minimum absolute atomic E-state index is 0.337. The van der Waals surface area contributed by atoms with Gasteiger partial charge < -0.3 is 4.52 Å². The van der Waals surface area contributed by atoms with Crippen LogP contribution in [-0.4, -0.2) is 5.16 Å². The van der Waals surface area contributed by atoms with Crippen molar-refractivity contribution in [3.63, 3.8) is 0 Å². The van der Waals surface area contributed by atoms with Crippen LogP contribution in [0.1, 0.15) is 104 Å². The number of nitrogens with zero attached hydrogens (tertiary/aromatic N) is 1. The molecule has 0 unspecified atom stereocenters. The van der Waals surface area contributed by atoms with Crippen LogP contribution in [0.2, 0.25) is 0 Å². The minimum atomic E-state index is 0.337. The van der Waals surface area contributed by atoms with Crippen molar-refractivity contribution in [2.75, 3.05) is 0 Å². The molecule has 0 bridgehead atoms. The van der Waals surface area contributed by atoms with Crippen LogP contribution in [0, 0.1) is 46.3 Å². The monoisotopic (exact) mass is 409 g/mol. The van der Waals surface area contributed by atoms with Crippen LogP contribution in [0.4, 0.5) is 0 Å². The standard InChI is InChI=1S/C28H43NO/c1-18(2)7-6-8-19(3)23-11-12-24-22-10-9-21-15-26-20(17-29-30-26)16-28(21,5)25(22)13-14-27(23,24)4/h15,17-19,22-25H,6-14,16H2,1-5H3/t19-,22+,23-,24+,25+,27-,28+/m1/s1. The lowest BCUT2D eigenvalue weighted by Crippen LogP contribution is -2.51. The van der Waals surface area contributed by atoms with E-state index in [1.54, 1.807) is 5.57 Å².